The fraction of sp³-hybridized carbons (Fsp3) is 0.385. The van der Waals surface area contributed by atoms with E-state index in [1.165, 1.54) is 6.08 Å². The number of hydrogen-bond donors (Lipinski definition) is 1. The SMILES string of the molecule is C=CCO/C(=C/C(=C)[N+](=O)[O-])C(=C)O.CC.CC. The molecule has 0 rings (SSSR count). The highest BCUT2D eigenvalue weighted by atomic mass is 16.6. The van der Waals surface area contributed by atoms with E-state index in [0.29, 0.717) is 0 Å². The summed E-state index contributed by atoms with van der Waals surface area (Å²) in [5.74, 6) is -0.485. The lowest BCUT2D eigenvalue weighted by Crippen LogP contribution is -2.00. The third-order valence-electron chi connectivity index (χ3n) is 1.17. The van der Waals surface area contributed by atoms with Crippen LogP contribution in [0.5, 0.6) is 0 Å². The first kappa shape index (κ1) is 21.3. The van der Waals surface area contributed by atoms with Gasteiger partial charge in [-0.3, -0.25) is 10.1 Å². The summed E-state index contributed by atoms with van der Waals surface area (Å²) >= 11 is 0. The molecule has 0 aliphatic rings. The molecule has 1 N–H and O–H groups in total. The minimum atomic E-state index is -0.694. The lowest BCUT2D eigenvalue weighted by Gasteiger charge is -2.05. The predicted molar refractivity (Wildman–Crippen MR) is 74.8 cm³/mol. The maximum absolute atomic E-state index is 10.2. The summed E-state index contributed by atoms with van der Waals surface area (Å²) in [6.45, 7) is 17.8. The van der Waals surface area contributed by atoms with E-state index >= 15 is 0 Å². The number of ether oxygens (including phenoxy) is 1. The molecule has 0 bridgehead atoms. The Balaban J connectivity index is -0.000000506. The van der Waals surface area contributed by atoms with Crippen molar-refractivity contribution in [2.24, 2.45) is 0 Å². The van der Waals surface area contributed by atoms with Gasteiger partial charge in [0, 0.05) is 0 Å². The zero-order valence-corrected chi connectivity index (χ0v) is 11.6. The van der Waals surface area contributed by atoms with Crippen molar-refractivity contribution in [1.29, 1.82) is 0 Å². The highest BCUT2D eigenvalue weighted by molar-refractivity contribution is 5.23. The molecule has 0 aromatic heterocycles. The summed E-state index contributed by atoms with van der Waals surface area (Å²) in [6, 6.07) is 0. The molecular formula is C13H23NO4. The van der Waals surface area contributed by atoms with Crippen molar-refractivity contribution >= 4 is 0 Å². The highest BCUT2D eigenvalue weighted by Crippen LogP contribution is 2.09. The van der Waals surface area contributed by atoms with Gasteiger partial charge in [0.1, 0.15) is 6.61 Å². The van der Waals surface area contributed by atoms with Gasteiger partial charge in [-0.2, -0.15) is 0 Å². The van der Waals surface area contributed by atoms with Crippen LogP contribution in [0.15, 0.2) is 49.1 Å². The van der Waals surface area contributed by atoms with Gasteiger partial charge in [0.05, 0.1) is 11.0 Å². The van der Waals surface area contributed by atoms with Crippen LogP contribution in [0.2, 0.25) is 0 Å². The summed E-state index contributed by atoms with van der Waals surface area (Å²) in [5.41, 5.74) is -0.390. The third kappa shape index (κ3) is 12.0. The quantitative estimate of drug-likeness (QED) is 0.257. The Bertz CT molecular complexity index is 306. The van der Waals surface area contributed by atoms with Gasteiger partial charge >= 0.3 is 0 Å². The van der Waals surface area contributed by atoms with Crippen molar-refractivity contribution in [3.63, 3.8) is 0 Å². The number of aliphatic hydroxyl groups excluding tert-OH is 1. The van der Waals surface area contributed by atoms with E-state index in [1.54, 1.807) is 0 Å². The smallest absolute Gasteiger partial charge is 0.266 e. The molecule has 0 aliphatic carbocycles. The molecule has 0 atom stereocenters. The molecule has 104 valence electrons. The Morgan fingerprint density at radius 3 is 2.06 bits per heavy atom. The van der Waals surface area contributed by atoms with Crippen LogP contribution in [0.25, 0.3) is 0 Å². The summed E-state index contributed by atoms with van der Waals surface area (Å²) < 4.78 is 4.90. The van der Waals surface area contributed by atoms with Gasteiger partial charge in [-0.25, -0.2) is 0 Å². The average molecular weight is 257 g/mol. The van der Waals surface area contributed by atoms with Gasteiger partial charge in [0.15, 0.2) is 11.5 Å². The number of rotatable bonds is 6. The topological polar surface area (TPSA) is 72.6 Å². The van der Waals surface area contributed by atoms with Crippen LogP contribution in [0.1, 0.15) is 27.7 Å². The van der Waals surface area contributed by atoms with Crippen LogP contribution in [0.3, 0.4) is 0 Å². The zero-order valence-electron chi connectivity index (χ0n) is 11.6. The Morgan fingerprint density at radius 2 is 1.78 bits per heavy atom. The lowest BCUT2D eigenvalue weighted by atomic mass is 10.3. The molecule has 0 aliphatic heterocycles. The van der Waals surface area contributed by atoms with Gasteiger partial charge in [-0.15, -0.1) is 0 Å². The largest absolute Gasteiger partial charge is 0.505 e. The van der Waals surface area contributed by atoms with Gasteiger partial charge in [-0.05, 0) is 6.58 Å². The van der Waals surface area contributed by atoms with E-state index in [4.69, 9.17) is 9.84 Å². The number of nitro groups is 1. The molecule has 0 spiro atoms. The van der Waals surface area contributed by atoms with Crippen LogP contribution in [-0.4, -0.2) is 16.6 Å². The first-order chi connectivity index (χ1) is 8.49. The highest BCUT2D eigenvalue weighted by Gasteiger charge is 2.08. The molecule has 0 fully saturated rings. The molecule has 0 saturated carbocycles. The maximum Gasteiger partial charge on any atom is 0.266 e. The van der Waals surface area contributed by atoms with Crippen LogP contribution >= 0.6 is 0 Å². The van der Waals surface area contributed by atoms with Crippen molar-refractivity contribution in [1.82, 2.24) is 0 Å². The van der Waals surface area contributed by atoms with Crippen molar-refractivity contribution in [3.05, 3.63) is 59.2 Å². The van der Waals surface area contributed by atoms with Gasteiger partial charge in [0.25, 0.3) is 5.70 Å². The van der Waals surface area contributed by atoms with E-state index in [0.717, 1.165) is 6.08 Å². The number of hydrogen-bond acceptors (Lipinski definition) is 4. The summed E-state index contributed by atoms with van der Waals surface area (Å²) in [5, 5.41) is 19.2. The fourth-order valence-corrected chi connectivity index (χ4v) is 0.561. The Kier molecular flexibility index (Phi) is 17.7. The standard InChI is InChI=1S/C9H11NO4.2C2H6/c1-4-5-14-9(8(3)11)6-7(2)10(12)13;2*1-2/h4,6,11H,1-3,5H2;2*1-2H3/b9-6+;;. The molecule has 0 saturated heterocycles. The zero-order chi connectivity index (χ0) is 15.1. The minimum Gasteiger partial charge on any atom is -0.505 e. The second-order valence-corrected chi connectivity index (χ2v) is 2.30. The van der Waals surface area contributed by atoms with Gasteiger partial charge in [0.2, 0.25) is 0 Å². The molecule has 0 unspecified atom stereocenters. The van der Waals surface area contributed by atoms with E-state index < -0.39 is 10.7 Å². The Morgan fingerprint density at radius 1 is 1.33 bits per heavy atom. The Labute approximate surface area is 109 Å². The second-order valence-electron chi connectivity index (χ2n) is 2.30. The molecular weight excluding hydrogens is 234 g/mol. The Hall–Kier alpha value is -2.04. The van der Waals surface area contributed by atoms with Crippen LogP contribution < -0.4 is 0 Å². The normalized spacial score (nSPS) is 8.78. The average Bonchev–Trinajstić information content (AvgIpc) is 2.38. The molecule has 5 heteroatoms. The number of nitrogens with zero attached hydrogens (tertiary/aromatic N) is 1. The van der Waals surface area contributed by atoms with E-state index in [1.807, 2.05) is 27.7 Å². The second kappa shape index (κ2) is 15.0. The van der Waals surface area contributed by atoms with Gasteiger partial charge in [-0.1, -0.05) is 46.9 Å². The molecule has 0 heterocycles. The monoisotopic (exact) mass is 257 g/mol. The van der Waals surface area contributed by atoms with E-state index in [9.17, 15) is 10.1 Å². The minimum absolute atomic E-state index is 0.0911. The lowest BCUT2D eigenvalue weighted by molar-refractivity contribution is -0.418. The summed E-state index contributed by atoms with van der Waals surface area (Å²) in [6.07, 6.45) is 2.43. The first-order valence-electron chi connectivity index (χ1n) is 5.66. The summed E-state index contributed by atoms with van der Waals surface area (Å²) in [4.78, 5) is 9.51. The van der Waals surface area contributed by atoms with Crippen molar-refractivity contribution < 1.29 is 14.8 Å². The van der Waals surface area contributed by atoms with Crippen molar-refractivity contribution in [2.45, 2.75) is 27.7 Å². The van der Waals surface area contributed by atoms with Crippen molar-refractivity contribution in [3.8, 4) is 0 Å². The number of allylic oxidation sites excluding steroid dienone is 1. The van der Waals surface area contributed by atoms with E-state index in [-0.39, 0.29) is 18.1 Å². The predicted octanol–water partition coefficient (Wildman–Crippen LogP) is 3.99. The molecule has 0 radical (unpaired) electrons. The van der Waals surface area contributed by atoms with Crippen LogP contribution in [0.4, 0.5) is 0 Å². The van der Waals surface area contributed by atoms with Crippen molar-refractivity contribution in [2.75, 3.05) is 6.61 Å². The van der Waals surface area contributed by atoms with Crippen LogP contribution in [0, 0.1) is 10.1 Å². The molecule has 0 amide bonds. The van der Waals surface area contributed by atoms with E-state index in [2.05, 4.69) is 19.7 Å². The van der Waals surface area contributed by atoms with Gasteiger partial charge < -0.3 is 9.84 Å². The third-order valence-corrected chi connectivity index (χ3v) is 1.17. The summed E-state index contributed by atoms with van der Waals surface area (Å²) in [7, 11) is 0. The molecule has 0 aromatic carbocycles. The maximum atomic E-state index is 10.2. The van der Waals surface area contributed by atoms with Crippen LogP contribution in [-0.2, 0) is 4.74 Å². The number of aliphatic hydroxyl groups is 1. The molecule has 5 nitrogen and oxygen atoms in total. The molecule has 18 heavy (non-hydrogen) atoms. The molecule has 0 aromatic rings. The first-order valence-corrected chi connectivity index (χ1v) is 5.66. The fourth-order valence-electron chi connectivity index (χ4n) is 0.561.